The lowest BCUT2D eigenvalue weighted by Crippen LogP contribution is -2.48. The summed E-state index contributed by atoms with van der Waals surface area (Å²) >= 11 is 1.59. The average molecular weight is 342 g/mol. The molecule has 0 atom stereocenters. The molecule has 1 aromatic heterocycles. The van der Waals surface area contributed by atoms with Crippen LogP contribution in [0.3, 0.4) is 0 Å². The number of benzene rings is 1. The molecule has 1 saturated heterocycles. The first-order valence-corrected chi connectivity index (χ1v) is 9.33. The van der Waals surface area contributed by atoms with E-state index in [1.165, 1.54) is 16.0 Å². The van der Waals surface area contributed by atoms with E-state index in [1.54, 1.807) is 11.3 Å². The minimum atomic E-state index is 0.183. The molecule has 0 radical (unpaired) electrons. The van der Waals surface area contributed by atoms with Crippen LogP contribution >= 0.6 is 11.3 Å². The lowest BCUT2D eigenvalue weighted by atomic mass is 10.1. The van der Waals surface area contributed by atoms with E-state index in [-0.39, 0.29) is 5.91 Å². The normalized spacial score (nSPS) is 17.6. The minimum absolute atomic E-state index is 0.183. The zero-order chi connectivity index (χ0) is 16.5. The van der Waals surface area contributed by atoms with Crippen LogP contribution in [0.15, 0.2) is 30.3 Å². The van der Waals surface area contributed by atoms with Crippen LogP contribution in [-0.4, -0.2) is 48.5 Å². The number of carbonyl (C=O) groups excluding carboxylic acids is 1. The van der Waals surface area contributed by atoms with Crippen molar-refractivity contribution in [3.05, 3.63) is 51.2 Å². The molecule has 0 bridgehead atoms. The third kappa shape index (κ3) is 3.19. The molecule has 4 nitrogen and oxygen atoms in total. The van der Waals surface area contributed by atoms with Gasteiger partial charge in [0.2, 0.25) is 0 Å². The molecule has 0 unspecified atom stereocenters. The van der Waals surface area contributed by atoms with Crippen molar-refractivity contribution in [2.75, 3.05) is 32.8 Å². The highest BCUT2D eigenvalue weighted by molar-refractivity contribution is 7.13. The standard InChI is InChI=1S/C19H22N2O2S/c1-14-2-5-18(24-14)19(22)21-9-7-20(8-10-21)13-15-3-4-17-16(12-15)6-11-23-17/h2-5,12H,6-11,13H2,1H3. The molecule has 4 rings (SSSR count). The van der Waals surface area contributed by atoms with Crippen molar-refractivity contribution in [1.82, 2.24) is 9.80 Å². The van der Waals surface area contributed by atoms with Crippen molar-refractivity contribution in [1.29, 1.82) is 0 Å². The third-order valence-electron chi connectivity index (χ3n) is 4.77. The Labute approximate surface area is 146 Å². The number of rotatable bonds is 3. The minimum Gasteiger partial charge on any atom is -0.493 e. The summed E-state index contributed by atoms with van der Waals surface area (Å²) in [6.45, 7) is 7.29. The molecule has 0 saturated carbocycles. The van der Waals surface area contributed by atoms with E-state index >= 15 is 0 Å². The predicted molar refractivity (Wildman–Crippen MR) is 95.9 cm³/mol. The summed E-state index contributed by atoms with van der Waals surface area (Å²) in [7, 11) is 0. The lowest BCUT2D eigenvalue weighted by Gasteiger charge is -2.34. The third-order valence-corrected chi connectivity index (χ3v) is 5.76. The van der Waals surface area contributed by atoms with Gasteiger partial charge in [-0.05, 0) is 36.2 Å². The summed E-state index contributed by atoms with van der Waals surface area (Å²) in [6.07, 6.45) is 1.02. The zero-order valence-electron chi connectivity index (χ0n) is 14.0. The molecule has 0 spiro atoms. The first-order chi connectivity index (χ1) is 11.7. The highest BCUT2D eigenvalue weighted by Gasteiger charge is 2.23. The smallest absolute Gasteiger partial charge is 0.264 e. The number of hydrogen-bond acceptors (Lipinski definition) is 4. The van der Waals surface area contributed by atoms with Crippen LogP contribution in [0, 0.1) is 6.92 Å². The first kappa shape index (κ1) is 15.7. The topological polar surface area (TPSA) is 32.8 Å². The van der Waals surface area contributed by atoms with E-state index < -0.39 is 0 Å². The maximum absolute atomic E-state index is 12.5. The van der Waals surface area contributed by atoms with E-state index in [2.05, 4.69) is 23.1 Å². The van der Waals surface area contributed by atoms with Crippen molar-refractivity contribution in [3.63, 3.8) is 0 Å². The van der Waals surface area contributed by atoms with E-state index in [1.807, 2.05) is 24.0 Å². The van der Waals surface area contributed by atoms with Gasteiger partial charge in [0.15, 0.2) is 0 Å². The van der Waals surface area contributed by atoms with Gasteiger partial charge in [0.05, 0.1) is 11.5 Å². The SMILES string of the molecule is Cc1ccc(C(=O)N2CCN(Cc3ccc4c(c3)CCO4)CC2)s1. The molecular weight excluding hydrogens is 320 g/mol. The summed E-state index contributed by atoms with van der Waals surface area (Å²) in [5, 5.41) is 0. The van der Waals surface area contributed by atoms with Gasteiger partial charge in [0.25, 0.3) is 5.91 Å². The summed E-state index contributed by atoms with van der Waals surface area (Å²) in [5.74, 6) is 1.22. The molecule has 5 heteroatoms. The fraction of sp³-hybridized carbons (Fsp3) is 0.421. The summed E-state index contributed by atoms with van der Waals surface area (Å²) < 4.78 is 5.57. The Balaban J connectivity index is 1.34. The molecule has 3 heterocycles. The van der Waals surface area contributed by atoms with Crippen molar-refractivity contribution < 1.29 is 9.53 Å². The van der Waals surface area contributed by atoms with E-state index in [0.717, 1.165) is 56.4 Å². The molecule has 24 heavy (non-hydrogen) atoms. The van der Waals surface area contributed by atoms with Gasteiger partial charge in [-0.2, -0.15) is 0 Å². The predicted octanol–water partition coefficient (Wildman–Crippen LogP) is 2.95. The van der Waals surface area contributed by atoms with Gasteiger partial charge >= 0.3 is 0 Å². The molecule has 0 aliphatic carbocycles. The van der Waals surface area contributed by atoms with Gasteiger partial charge in [-0.15, -0.1) is 11.3 Å². The van der Waals surface area contributed by atoms with Crippen molar-refractivity contribution in [2.24, 2.45) is 0 Å². The van der Waals surface area contributed by atoms with Crippen LogP contribution in [0.25, 0.3) is 0 Å². The average Bonchev–Trinajstić information content (AvgIpc) is 3.23. The Hall–Kier alpha value is -1.85. The number of carbonyl (C=O) groups is 1. The number of thiophene rings is 1. The lowest BCUT2D eigenvalue weighted by molar-refractivity contribution is 0.0633. The van der Waals surface area contributed by atoms with Crippen molar-refractivity contribution in [3.8, 4) is 5.75 Å². The maximum atomic E-state index is 12.5. The summed E-state index contributed by atoms with van der Waals surface area (Å²) in [4.78, 5) is 19.0. The highest BCUT2D eigenvalue weighted by Crippen LogP contribution is 2.26. The quantitative estimate of drug-likeness (QED) is 0.860. The fourth-order valence-electron chi connectivity index (χ4n) is 3.41. The van der Waals surface area contributed by atoms with Crippen LogP contribution in [-0.2, 0) is 13.0 Å². The summed E-state index contributed by atoms with van der Waals surface area (Å²) in [5.41, 5.74) is 2.67. The van der Waals surface area contributed by atoms with Crippen molar-refractivity contribution >= 4 is 17.2 Å². The van der Waals surface area contributed by atoms with E-state index in [9.17, 15) is 4.79 Å². The van der Waals surface area contributed by atoms with Gasteiger partial charge in [0, 0.05) is 44.0 Å². The van der Waals surface area contributed by atoms with Gasteiger partial charge < -0.3 is 9.64 Å². The molecule has 1 aromatic carbocycles. The molecule has 2 aliphatic rings. The Morgan fingerprint density at radius 2 is 2.00 bits per heavy atom. The van der Waals surface area contributed by atoms with Crippen LogP contribution in [0.4, 0.5) is 0 Å². The Bertz CT molecular complexity index is 748. The second kappa shape index (κ2) is 6.57. The van der Waals surface area contributed by atoms with Gasteiger partial charge in [-0.25, -0.2) is 0 Å². The monoisotopic (exact) mass is 342 g/mol. The molecule has 2 aromatic rings. The molecule has 0 N–H and O–H groups in total. The van der Waals surface area contributed by atoms with E-state index in [4.69, 9.17) is 4.74 Å². The number of ether oxygens (including phenoxy) is 1. The Morgan fingerprint density at radius 1 is 1.17 bits per heavy atom. The number of aryl methyl sites for hydroxylation is 1. The van der Waals surface area contributed by atoms with E-state index in [0.29, 0.717) is 0 Å². The van der Waals surface area contributed by atoms with Crippen LogP contribution < -0.4 is 4.74 Å². The molecule has 126 valence electrons. The Morgan fingerprint density at radius 3 is 2.75 bits per heavy atom. The maximum Gasteiger partial charge on any atom is 0.264 e. The molecule has 1 amide bonds. The van der Waals surface area contributed by atoms with Gasteiger partial charge in [-0.3, -0.25) is 9.69 Å². The van der Waals surface area contributed by atoms with Crippen LogP contribution in [0.5, 0.6) is 5.75 Å². The number of piperazine rings is 1. The van der Waals surface area contributed by atoms with Crippen molar-refractivity contribution in [2.45, 2.75) is 19.9 Å². The second-order valence-corrected chi connectivity index (χ2v) is 7.81. The fourth-order valence-corrected chi connectivity index (χ4v) is 4.25. The molecule has 2 aliphatic heterocycles. The largest absolute Gasteiger partial charge is 0.493 e. The summed E-state index contributed by atoms with van der Waals surface area (Å²) in [6, 6.07) is 10.5. The highest BCUT2D eigenvalue weighted by atomic mass is 32.1. The van der Waals surface area contributed by atoms with Crippen LogP contribution in [0.2, 0.25) is 0 Å². The number of hydrogen-bond donors (Lipinski definition) is 0. The number of nitrogens with zero attached hydrogens (tertiary/aromatic N) is 2. The first-order valence-electron chi connectivity index (χ1n) is 8.52. The molecule has 1 fully saturated rings. The van der Waals surface area contributed by atoms with Crippen LogP contribution in [0.1, 0.15) is 25.7 Å². The molecular formula is C19H22N2O2S. The zero-order valence-corrected chi connectivity index (χ0v) is 14.8. The van der Waals surface area contributed by atoms with Gasteiger partial charge in [0.1, 0.15) is 5.75 Å². The second-order valence-electron chi connectivity index (χ2n) is 6.52. The number of fused-ring (bicyclic) bond motifs is 1. The Kier molecular flexibility index (Phi) is 4.29. The van der Waals surface area contributed by atoms with Gasteiger partial charge in [-0.1, -0.05) is 12.1 Å². The number of amides is 1.